The zero-order valence-corrected chi connectivity index (χ0v) is 17.7. The minimum atomic E-state index is -0.192. The molecule has 0 saturated carbocycles. The Morgan fingerprint density at radius 3 is 2.82 bits per heavy atom. The van der Waals surface area contributed by atoms with E-state index in [1.165, 1.54) is 0 Å². The molecule has 1 saturated heterocycles. The van der Waals surface area contributed by atoms with Gasteiger partial charge < -0.3 is 14.4 Å². The van der Waals surface area contributed by atoms with E-state index in [1.54, 1.807) is 18.4 Å². The molecule has 152 valence electrons. The van der Waals surface area contributed by atoms with Crippen LogP contribution in [0.2, 0.25) is 0 Å². The lowest BCUT2D eigenvalue weighted by Gasteiger charge is -2.21. The summed E-state index contributed by atoms with van der Waals surface area (Å²) in [5.74, 6) is 1.20. The Kier molecular flexibility index (Phi) is 7.28. The predicted molar refractivity (Wildman–Crippen MR) is 112 cm³/mol. The SMILES string of the molecule is COc1ccccc1-c1nc(CN2CCCN(C(=O)OCC(C)C)CC2)cs1. The maximum Gasteiger partial charge on any atom is 0.409 e. The average Bonchev–Trinajstić information content (AvgIpc) is 3.03. The molecule has 1 fully saturated rings. The Hall–Kier alpha value is -2.12. The molecule has 1 amide bonds. The van der Waals surface area contributed by atoms with Gasteiger partial charge in [-0.05, 0) is 24.5 Å². The molecule has 3 rings (SSSR count). The molecule has 0 radical (unpaired) electrons. The minimum absolute atomic E-state index is 0.192. The summed E-state index contributed by atoms with van der Waals surface area (Å²) in [6.07, 6.45) is 0.753. The highest BCUT2D eigenvalue weighted by molar-refractivity contribution is 7.13. The number of nitrogens with zero attached hydrogens (tertiary/aromatic N) is 3. The van der Waals surface area contributed by atoms with E-state index in [-0.39, 0.29) is 6.09 Å². The van der Waals surface area contributed by atoms with Gasteiger partial charge >= 0.3 is 6.09 Å². The molecular weight excluding hydrogens is 374 g/mol. The van der Waals surface area contributed by atoms with Crippen molar-refractivity contribution < 1.29 is 14.3 Å². The maximum atomic E-state index is 12.2. The Morgan fingerprint density at radius 1 is 1.21 bits per heavy atom. The summed E-state index contributed by atoms with van der Waals surface area (Å²) in [5.41, 5.74) is 2.08. The van der Waals surface area contributed by atoms with Crippen molar-refractivity contribution in [1.82, 2.24) is 14.8 Å². The van der Waals surface area contributed by atoms with Crippen LogP contribution in [0.1, 0.15) is 26.0 Å². The van der Waals surface area contributed by atoms with Crippen molar-refractivity contribution in [2.75, 3.05) is 39.9 Å². The Bertz CT molecular complexity index is 778. The van der Waals surface area contributed by atoms with Crippen LogP contribution in [0.25, 0.3) is 10.6 Å². The number of aromatic nitrogens is 1. The van der Waals surface area contributed by atoms with Gasteiger partial charge in [-0.2, -0.15) is 0 Å². The smallest absolute Gasteiger partial charge is 0.409 e. The second-order valence-corrected chi connectivity index (χ2v) is 8.29. The van der Waals surface area contributed by atoms with E-state index in [1.807, 2.05) is 43.0 Å². The third-order valence-electron chi connectivity index (χ3n) is 4.66. The quantitative estimate of drug-likeness (QED) is 0.726. The molecule has 0 bridgehead atoms. The Labute approximate surface area is 171 Å². The molecule has 7 heteroatoms. The fraction of sp³-hybridized carbons (Fsp3) is 0.524. The standard InChI is InChI=1S/C21H29N3O3S/c1-16(2)14-27-21(25)24-10-6-9-23(11-12-24)13-17-15-28-20(22-17)18-7-4-5-8-19(18)26-3/h4-5,7-8,15-16H,6,9-14H2,1-3H3. The molecular formula is C21H29N3O3S. The number of hydrogen-bond donors (Lipinski definition) is 0. The summed E-state index contributed by atoms with van der Waals surface area (Å²) < 4.78 is 10.8. The second kappa shape index (κ2) is 9.89. The van der Waals surface area contributed by atoms with Crippen molar-refractivity contribution in [2.45, 2.75) is 26.8 Å². The van der Waals surface area contributed by atoms with Crippen molar-refractivity contribution in [3.8, 4) is 16.3 Å². The summed E-state index contributed by atoms with van der Waals surface area (Å²) in [4.78, 5) is 21.2. The van der Waals surface area contributed by atoms with E-state index >= 15 is 0 Å². The van der Waals surface area contributed by atoms with Crippen molar-refractivity contribution in [2.24, 2.45) is 5.92 Å². The molecule has 1 aliphatic rings. The van der Waals surface area contributed by atoms with Gasteiger partial charge in [-0.15, -0.1) is 11.3 Å². The topological polar surface area (TPSA) is 54.9 Å². The van der Waals surface area contributed by atoms with Crippen molar-refractivity contribution in [3.05, 3.63) is 35.3 Å². The summed E-state index contributed by atoms with van der Waals surface area (Å²) >= 11 is 1.64. The van der Waals surface area contributed by atoms with E-state index in [9.17, 15) is 4.79 Å². The molecule has 1 aliphatic heterocycles. The predicted octanol–water partition coefficient (Wildman–Crippen LogP) is 4.12. The zero-order chi connectivity index (χ0) is 19.9. The molecule has 2 aromatic rings. The second-order valence-electron chi connectivity index (χ2n) is 7.43. The zero-order valence-electron chi connectivity index (χ0n) is 16.9. The van der Waals surface area contributed by atoms with Gasteiger partial charge in [-0.3, -0.25) is 4.90 Å². The van der Waals surface area contributed by atoms with Crippen molar-refractivity contribution >= 4 is 17.4 Å². The number of methoxy groups -OCH3 is 1. The number of carbonyl (C=O) groups excluding carboxylic acids is 1. The lowest BCUT2D eigenvalue weighted by Crippen LogP contribution is -2.36. The van der Waals surface area contributed by atoms with Crippen LogP contribution < -0.4 is 4.74 Å². The van der Waals surface area contributed by atoms with Gasteiger partial charge in [0.25, 0.3) is 0 Å². The number of ether oxygens (including phenoxy) is 2. The van der Waals surface area contributed by atoms with Gasteiger partial charge in [0.1, 0.15) is 10.8 Å². The third-order valence-corrected chi connectivity index (χ3v) is 5.59. The van der Waals surface area contributed by atoms with Gasteiger partial charge in [-0.1, -0.05) is 26.0 Å². The number of para-hydroxylation sites is 1. The highest BCUT2D eigenvalue weighted by Crippen LogP contribution is 2.32. The minimum Gasteiger partial charge on any atom is -0.496 e. The van der Waals surface area contributed by atoms with Gasteiger partial charge in [0.15, 0.2) is 0 Å². The Morgan fingerprint density at radius 2 is 2.04 bits per heavy atom. The van der Waals surface area contributed by atoms with Gasteiger partial charge in [0.2, 0.25) is 0 Å². The fourth-order valence-corrected chi connectivity index (χ4v) is 4.04. The number of thiazole rings is 1. The van der Waals surface area contributed by atoms with Gasteiger partial charge in [-0.25, -0.2) is 9.78 Å². The van der Waals surface area contributed by atoms with Crippen LogP contribution in [0.5, 0.6) is 5.75 Å². The third kappa shape index (κ3) is 5.45. The molecule has 0 atom stereocenters. The molecule has 6 nitrogen and oxygen atoms in total. The monoisotopic (exact) mass is 403 g/mol. The van der Waals surface area contributed by atoms with Crippen LogP contribution in [0.4, 0.5) is 4.79 Å². The number of carbonyl (C=O) groups is 1. The highest BCUT2D eigenvalue weighted by Gasteiger charge is 2.21. The highest BCUT2D eigenvalue weighted by atomic mass is 32.1. The first-order valence-electron chi connectivity index (χ1n) is 9.78. The normalized spacial score (nSPS) is 15.5. The largest absolute Gasteiger partial charge is 0.496 e. The molecule has 2 heterocycles. The number of hydrogen-bond acceptors (Lipinski definition) is 6. The summed E-state index contributed by atoms with van der Waals surface area (Å²) in [6, 6.07) is 7.96. The molecule has 1 aromatic carbocycles. The summed E-state index contributed by atoms with van der Waals surface area (Å²) in [6.45, 7) is 8.59. The molecule has 1 aromatic heterocycles. The maximum absolute atomic E-state index is 12.2. The van der Waals surface area contributed by atoms with Crippen molar-refractivity contribution in [3.63, 3.8) is 0 Å². The number of benzene rings is 1. The van der Waals surface area contributed by atoms with E-state index < -0.39 is 0 Å². The van der Waals surface area contributed by atoms with Crippen LogP contribution >= 0.6 is 11.3 Å². The van der Waals surface area contributed by atoms with Gasteiger partial charge in [0.05, 0.1) is 25.0 Å². The molecule has 0 unspecified atom stereocenters. The average molecular weight is 404 g/mol. The molecule has 0 N–H and O–H groups in total. The lowest BCUT2D eigenvalue weighted by molar-refractivity contribution is 0.0930. The van der Waals surface area contributed by atoms with Crippen molar-refractivity contribution in [1.29, 1.82) is 0 Å². The first-order valence-corrected chi connectivity index (χ1v) is 10.7. The fourth-order valence-electron chi connectivity index (χ4n) is 3.19. The molecule has 28 heavy (non-hydrogen) atoms. The van der Waals surface area contributed by atoms with Gasteiger partial charge in [0, 0.05) is 38.1 Å². The number of amides is 1. The first kappa shape index (κ1) is 20.6. The van der Waals surface area contributed by atoms with E-state index in [4.69, 9.17) is 14.5 Å². The summed E-state index contributed by atoms with van der Waals surface area (Å²) in [5, 5.41) is 3.09. The Balaban J connectivity index is 1.57. The summed E-state index contributed by atoms with van der Waals surface area (Å²) in [7, 11) is 1.68. The van der Waals surface area contributed by atoms with Crippen LogP contribution in [0, 0.1) is 5.92 Å². The van der Waals surface area contributed by atoms with Crippen LogP contribution in [-0.2, 0) is 11.3 Å². The van der Waals surface area contributed by atoms with E-state index in [2.05, 4.69) is 10.3 Å². The van der Waals surface area contributed by atoms with E-state index in [0.717, 1.165) is 54.6 Å². The van der Waals surface area contributed by atoms with E-state index in [0.29, 0.717) is 19.1 Å². The van der Waals surface area contributed by atoms with Crippen LogP contribution in [-0.4, -0.2) is 60.8 Å². The lowest BCUT2D eigenvalue weighted by atomic mass is 10.2. The molecule has 0 spiro atoms. The molecule has 0 aliphatic carbocycles. The first-order chi connectivity index (χ1) is 13.6. The van der Waals surface area contributed by atoms with Crippen LogP contribution in [0.15, 0.2) is 29.6 Å². The van der Waals surface area contributed by atoms with Crippen LogP contribution in [0.3, 0.4) is 0 Å². The number of rotatable bonds is 6.